The van der Waals surface area contributed by atoms with Gasteiger partial charge in [-0.1, -0.05) is 30.4 Å². The number of unbranched alkanes of at least 4 members (excludes halogenated alkanes) is 1. The molecule has 0 radical (unpaired) electrons. The second-order valence-electron chi connectivity index (χ2n) is 4.38. The summed E-state index contributed by atoms with van der Waals surface area (Å²) in [6.07, 6.45) is 5.60. The highest BCUT2D eigenvalue weighted by Gasteiger charge is 2.18. The van der Waals surface area contributed by atoms with Crippen molar-refractivity contribution in [3.8, 4) is 11.8 Å². The first kappa shape index (κ1) is 11.2. The van der Waals surface area contributed by atoms with Crippen molar-refractivity contribution < 1.29 is 5.11 Å². The van der Waals surface area contributed by atoms with Gasteiger partial charge >= 0.3 is 0 Å². The number of aliphatic hydroxyl groups is 1. The van der Waals surface area contributed by atoms with Gasteiger partial charge in [-0.15, -0.1) is 0 Å². The Kier molecular flexibility index (Phi) is 4.02. The Morgan fingerprint density at radius 1 is 1.31 bits per heavy atom. The van der Waals surface area contributed by atoms with Gasteiger partial charge < -0.3 is 5.11 Å². The maximum atomic E-state index is 8.65. The highest BCUT2D eigenvalue weighted by Crippen LogP contribution is 2.36. The zero-order valence-electron chi connectivity index (χ0n) is 9.58. The fourth-order valence-electron chi connectivity index (χ4n) is 1.94. The van der Waals surface area contributed by atoms with Gasteiger partial charge in [0.05, 0.1) is 0 Å². The molecule has 1 nitrogen and oxygen atoms in total. The molecule has 16 heavy (non-hydrogen) atoms. The molecular weight excluding hydrogens is 196 g/mol. The van der Waals surface area contributed by atoms with Gasteiger partial charge in [-0.25, -0.2) is 0 Å². The Labute approximate surface area is 97.5 Å². The lowest BCUT2D eigenvalue weighted by Gasteiger charge is -2.25. The molecule has 1 aliphatic rings. The number of rotatable bonds is 3. The largest absolute Gasteiger partial charge is 0.396 e. The molecule has 1 saturated carbocycles. The van der Waals surface area contributed by atoms with Crippen LogP contribution in [0.15, 0.2) is 24.3 Å². The monoisotopic (exact) mass is 214 g/mol. The minimum atomic E-state index is 0.233. The zero-order valence-corrected chi connectivity index (χ0v) is 9.58. The van der Waals surface area contributed by atoms with Crippen LogP contribution in [0.1, 0.15) is 49.1 Å². The van der Waals surface area contributed by atoms with E-state index in [0.29, 0.717) is 0 Å². The Morgan fingerprint density at radius 3 is 2.88 bits per heavy atom. The fraction of sp³-hybridized carbons (Fsp3) is 0.467. The summed E-state index contributed by atoms with van der Waals surface area (Å²) < 4.78 is 0. The molecule has 1 aromatic rings. The zero-order chi connectivity index (χ0) is 11.2. The third-order valence-electron chi connectivity index (χ3n) is 3.16. The minimum absolute atomic E-state index is 0.233. The van der Waals surface area contributed by atoms with E-state index in [-0.39, 0.29) is 6.61 Å². The average Bonchev–Trinajstić information content (AvgIpc) is 2.23. The minimum Gasteiger partial charge on any atom is -0.396 e. The highest BCUT2D eigenvalue weighted by molar-refractivity contribution is 5.38. The van der Waals surface area contributed by atoms with Crippen LogP contribution < -0.4 is 0 Å². The van der Waals surface area contributed by atoms with Gasteiger partial charge in [-0.2, -0.15) is 0 Å². The molecule has 1 N–H and O–H groups in total. The molecule has 0 aliphatic heterocycles. The second-order valence-corrected chi connectivity index (χ2v) is 4.38. The lowest BCUT2D eigenvalue weighted by Crippen LogP contribution is -2.08. The molecule has 0 atom stereocenters. The summed E-state index contributed by atoms with van der Waals surface area (Å²) in [7, 11) is 0. The lowest BCUT2D eigenvalue weighted by atomic mass is 9.80. The maximum absolute atomic E-state index is 8.65. The first-order chi connectivity index (χ1) is 7.90. The molecule has 0 amide bonds. The van der Waals surface area contributed by atoms with Gasteiger partial charge in [0.1, 0.15) is 0 Å². The van der Waals surface area contributed by atoms with Gasteiger partial charge in [-0.3, -0.25) is 0 Å². The Balaban J connectivity index is 2.00. The van der Waals surface area contributed by atoms with Crippen LogP contribution in [0.4, 0.5) is 0 Å². The van der Waals surface area contributed by atoms with E-state index in [4.69, 9.17) is 5.11 Å². The number of hydrogen-bond donors (Lipinski definition) is 1. The van der Waals surface area contributed by atoms with Crippen LogP contribution in [0.3, 0.4) is 0 Å². The van der Waals surface area contributed by atoms with Gasteiger partial charge in [0.2, 0.25) is 0 Å². The van der Waals surface area contributed by atoms with E-state index in [1.807, 2.05) is 0 Å². The molecule has 2 rings (SSSR count). The predicted octanol–water partition coefficient (Wildman–Crippen LogP) is 3.08. The molecule has 1 aliphatic carbocycles. The average molecular weight is 214 g/mol. The van der Waals surface area contributed by atoms with E-state index < -0.39 is 0 Å². The van der Waals surface area contributed by atoms with Crippen LogP contribution >= 0.6 is 0 Å². The molecule has 0 bridgehead atoms. The SMILES string of the molecule is OCCCC#Cc1cccc(C2CCC2)c1. The molecule has 1 aromatic carbocycles. The number of hydrogen-bond acceptors (Lipinski definition) is 1. The van der Waals surface area contributed by atoms with Crippen molar-refractivity contribution in [2.45, 2.75) is 38.0 Å². The molecule has 1 fully saturated rings. The Bertz CT molecular complexity index is 393. The van der Waals surface area contributed by atoms with Gasteiger partial charge in [0.25, 0.3) is 0 Å². The predicted molar refractivity (Wildman–Crippen MR) is 66.2 cm³/mol. The third kappa shape index (κ3) is 2.87. The number of aliphatic hydroxyl groups excluding tert-OH is 1. The van der Waals surface area contributed by atoms with Crippen molar-refractivity contribution in [2.24, 2.45) is 0 Å². The van der Waals surface area contributed by atoms with Crippen molar-refractivity contribution in [2.75, 3.05) is 6.61 Å². The summed E-state index contributed by atoms with van der Waals surface area (Å²) in [5, 5.41) is 8.65. The van der Waals surface area contributed by atoms with Crippen LogP contribution in [0, 0.1) is 11.8 Å². The van der Waals surface area contributed by atoms with E-state index in [9.17, 15) is 0 Å². The topological polar surface area (TPSA) is 20.2 Å². The van der Waals surface area contributed by atoms with Crippen LogP contribution in [0.25, 0.3) is 0 Å². The first-order valence-corrected chi connectivity index (χ1v) is 6.10. The van der Waals surface area contributed by atoms with Crippen molar-refractivity contribution in [1.82, 2.24) is 0 Å². The lowest BCUT2D eigenvalue weighted by molar-refractivity contribution is 0.290. The third-order valence-corrected chi connectivity index (χ3v) is 3.16. The smallest absolute Gasteiger partial charge is 0.0440 e. The summed E-state index contributed by atoms with van der Waals surface area (Å²) >= 11 is 0. The van der Waals surface area contributed by atoms with Gasteiger partial charge in [-0.05, 0) is 42.9 Å². The Hall–Kier alpha value is -1.26. The van der Waals surface area contributed by atoms with Crippen molar-refractivity contribution >= 4 is 0 Å². The van der Waals surface area contributed by atoms with Gasteiger partial charge in [0, 0.05) is 18.6 Å². The summed E-state index contributed by atoms with van der Waals surface area (Å²) in [6.45, 7) is 0.233. The van der Waals surface area contributed by atoms with Crippen molar-refractivity contribution in [3.05, 3.63) is 35.4 Å². The molecule has 0 spiro atoms. The Morgan fingerprint density at radius 2 is 2.19 bits per heavy atom. The molecule has 0 aromatic heterocycles. The summed E-state index contributed by atoms with van der Waals surface area (Å²) in [6, 6.07) is 8.59. The number of benzene rings is 1. The quantitative estimate of drug-likeness (QED) is 0.605. The molecular formula is C15H18O. The van der Waals surface area contributed by atoms with Crippen LogP contribution in [-0.2, 0) is 0 Å². The van der Waals surface area contributed by atoms with Crippen LogP contribution in [0.2, 0.25) is 0 Å². The molecule has 1 heteroatoms. The maximum Gasteiger partial charge on any atom is 0.0440 e. The highest BCUT2D eigenvalue weighted by atomic mass is 16.2. The molecule has 0 heterocycles. The molecule has 0 unspecified atom stereocenters. The molecule has 84 valence electrons. The van der Waals surface area contributed by atoms with E-state index in [0.717, 1.165) is 24.3 Å². The first-order valence-electron chi connectivity index (χ1n) is 6.10. The summed E-state index contributed by atoms with van der Waals surface area (Å²) in [4.78, 5) is 0. The fourth-order valence-corrected chi connectivity index (χ4v) is 1.94. The van der Waals surface area contributed by atoms with E-state index in [1.165, 1.54) is 24.8 Å². The standard InChI is InChI=1S/C15H18O/c16-11-3-1-2-6-13-7-4-10-15(12-13)14-8-5-9-14/h4,7,10,12,14,16H,1,3,5,8-9,11H2. The van der Waals surface area contributed by atoms with E-state index in [2.05, 4.69) is 36.1 Å². The van der Waals surface area contributed by atoms with Gasteiger partial charge in [0.15, 0.2) is 0 Å². The second kappa shape index (κ2) is 5.72. The van der Waals surface area contributed by atoms with Crippen LogP contribution in [0.5, 0.6) is 0 Å². The van der Waals surface area contributed by atoms with Crippen molar-refractivity contribution in [3.63, 3.8) is 0 Å². The van der Waals surface area contributed by atoms with Crippen LogP contribution in [-0.4, -0.2) is 11.7 Å². The summed E-state index contributed by atoms with van der Waals surface area (Å²) in [5.41, 5.74) is 2.56. The van der Waals surface area contributed by atoms with E-state index >= 15 is 0 Å². The molecule has 0 saturated heterocycles. The van der Waals surface area contributed by atoms with E-state index in [1.54, 1.807) is 0 Å². The summed E-state index contributed by atoms with van der Waals surface area (Å²) in [5.74, 6) is 7.03. The normalized spacial score (nSPS) is 15.1. The van der Waals surface area contributed by atoms with Crippen molar-refractivity contribution in [1.29, 1.82) is 0 Å².